The van der Waals surface area contributed by atoms with Crippen LogP contribution in [-0.2, 0) is 16.0 Å². The molecule has 0 radical (unpaired) electrons. The van der Waals surface area contributed by atoms with Gasteiger partial charge in [0.25, 0.3) is 5.91 Å². The zero-order valence-corrected chi connectivity index (χ0v) is 18.6. The maximum absolute atomic E-state index is 12.4. The number of rotatable bonds is 7. The number of hydrogen-bond acceptors (Lipinski definition) is 6. The van der Waals surface area contributed by atoms with Gasteiger partial charge >= 0.3 is 5.97 Å². The lowest BCUT2D eigenvalue weighted by molar-refractivity contribution is -0.139. The largest absolute Gasteiger partial charge is 0.480 e. The molecule has 2 aromatic heterocycles. The minimum atomic E-state index is -1.12. The van der Waals surface area contributed by atoms with Crippen LogP contribution >= 0.6 is 34.8 Å². The Hall–Kier alpha value is -2.68. The third-order valence-electron chi connectivity index (χ3n) is 4.80. The van der Waals surface area contributed by atoms with Crippen molar-refractivity contribution in [2.75, 3.05) is 5.32 Å². The van der Waals surface area contributed by atoms with Crippen LogP contribution in [0.5, 0.6) is 0 Å². The number of nitrogens with zero attached hydrogens (tertiary/aromatic N) is 2. The van der Waals surface area contributed by atoms with Gasteiger partial charge in [-0.25, -0.2) is 4.79 Å². The Morgan fingerprint density at radius 2 is 1.77 bits per heavy atom. The van der Waals surface area contributed by atoms with E-state index in [1.54, 1.807) is 26.0 Å². The van der Waals surface area contributed by atoms with Crippen molar-refractivity contribution in [3.05, 3.63) is 62.8 Å². The molecule has 1 atom stereocenters. The fourth-order valence-corrected chi connectivity index (χ4v) is 4.04. The van der Waals surface area contributed by atoms with Crippen LogP contribution in [-0.4, -0.2) is 38.8 Å². The normalized spacial score (nSPS) is 15.8. The van der Waals surface area contributed by atoms with Crippen molar-refractivity contribution in [3.8, 4) is 0 Å². The molecular formula is C20H17Cl3N4O4. The highest BCUT2D eigenvalue weighted by atomic mass is 35.5. The van der Waals surface area contributed by atoms with Gasteiger partial charge in [-0.1, -0.05) is 34.8 Å². The van der Waals surface area contributed by atoms with Crippen molar-refractivity contribution in [1.29, 1.82) is 0 Å². The monoisotopic (exact) mass is 482 g/mol. The van der Waals surface area contributed by atoms with Gasteiger partial charge in [0.1, 0.15) is 11.1 Å². The Labute approximate surface area is 192 Å². The Kier molecular flexibility index (Phi) is 6.54. The summed E-state index contributed by atoms with van der Waals surface area (Å²) < 4.78 is 0. The number of ketones is 1. The average molecular weight is 484 g/mol. The number of Topliss-reactive ketones (excluding diaryl/α,β-unsaturated/α-hetero) is 1. The summed E-state index contributed by atoms with van der Waals surface area (Å²) in [5.74, 6) is -1.89. The molecule has 8 nitrogen and oxygen atoms in total. The van der Waals surface area contributed by atoms with E-state index in [4.69, 9.17) is 34.8 Å². The van der Waals surface area contributed by atoms with Crippen LogP contribution < -0.4 is 10.6 Å². The number of aromatic nitrogens is 2. The minimum absolute atomic E-state index is 0.00991. The molecule has 31 heavy (non-hydrogen) atoms. The van der Waals surface area contributed by atoms with Gasteiger partial charge < -0.3 is 15.7 Å². The summed E-state index contributed by atoms with van der Waals surface area (Å²) >= 11 is 17.9. The molecule has 11 heteroatoms. The molecule has 0 fully saturated rings. The number of hydrogen-bond donors (Lipinski definition) is 3. The third-order valence-corrected chi connectivity index (χ3v) is 5.74. The maximum Gasteiger partial charge on any atom is 0.326 e. The topological polar surface area (TPSA) is 121 Å². The summed E-state index contributed by atoms with van der Waals surface area (Å²) in [7, 11) is 0. The van der Waals surface area contributed by atoms with Crippen molar-refractivity contribution in [3.63, 3.8) is 0 Å². The van der Waals surface area contributed by atoms with E-state index in [0.717, 1.165) is 0 Å². The molecule has 0 saturated carbocycles. The van der Waals surface area contributed by atoms with Gasteiger partial charge in [-0.3, -0.25) is 19.6 Å². The van der Waals surface area contributed by atoms with E-state index < -0.39 is 23.3 Å². The SMILES string of the molecule is CC1(C)C(=O)C(Cl)=C1N[C@@H](Cc1ccc(NC(=O)c2c(Cl)cncc2Cl)cn1)C(=O)O. The second kappa shape index (κ2) is 8.82. The third kappa shape index (κ3) is 4.66. The summed E-state index contributed by atoms with van der Waals surface area (Å²) in [6.07, 6.45) is 4.03. The van der Waals surface area contributed by atoms with Crippen LogP contribution in [0.2, 0.25) is 10.0 Å². The summed E-state index contributed by atoms with van der Waals surface area (Å²) in [6.45, 7) is 3.33. The molecule has 0 aliphatic heterocycles. The molecule has 0 spiro atoms. The first-order chi connectivity index (χ1) is 14.5. The van der Waals surface area contributed by atoms with E-state index in [1.165, 1.54) is 18.6 Å². The Morgan fingerprint density at radius 3 is 2.29 bits per heavy atom. The lowest BCUT2D eigenvalue weighted by Crippen LogP contribution is -2.50. The molecule has 0 aromatic carbocycles. The van der Waals surface area contributed by atoms with Crippen LogP contribution in [0.1, 0.15) is 29.9 Å². The molecule has 2 heterocycles. The van der Waals surface area contributed by atoms with Crippen molar-refractivity contribution < 1.29 is 19.5 Å². The first-order valence-electron chi connectivity index (χ1n) is 9.02. The molecule has 1 aliphatic rings. The van der Waals surface area contributed by atoms with Crippen molar-refractivity contribution >= 4 is 58.1 Å². The number of pyridine rings is 2. The van der Waals surface area contributed by atoms with Gasteiger partial charge in [0.15, 0.2) is 5.78 Å². The van der Waals surface area contributed by atoms with Gasteiger partial charge in [0.05, 0.1) is 32.9 Å². The number of aliphatic carboxylic acids is 1. The van der Waals surface area contributed by atoms with Gasteiger partial charge in [-0.15, -0.1) is 0 Å². The lowest BCUT2D eigenvalue weighted by Gasteiger charge is -2.38. The predicted octanol–water partition coefficient (Wildman–Crippen LogP) is 3.68. The highest BCUT2D eigenvalue weighted by Crippen LogP contribution is 2.42. The minimum Gasteiger partial charge on any atom is -0.480 e. The van der Waals surface area contributed by atoms with Crippen LogP contribution in [0.3, 0.4) is 0 Å². The van der Waals surface area contributed by atoms with Crippen LogP contribution in [0.25, 0.3) is 0 Å². The first-order valence-corrected chi connectivity index (χ1v) is 10.2. The van der Waals surface area contributed by atoms with Crippen molar-refractivity contribution in [1.82, 2.24) is 15.3 Å². The van der Waals surface area contributed by atoms with E-state index in [9.17, 15) is 19.5 Å². The zero-order chi connectivity index (χ0) is 22.9. The van der Waals surface area contributed by atoms with Gasteiger partial charge in [0.2, 0.25) is 0 Å². The molecule has 3 rings (SSSR count). The van der Waals surface area contributed by atoms with Crippen LogP contribution in [0.15, 0.2) is 41.5 Å². The zero-order valence-electron chi connectivity index (χ0n) is 16.4. The summed E-state index contributed by atoms with van der Waals surface area (Å²) in [4.78, 5) is 43.9. The smallest absolute Gasteiger partial charge is 0.326 e. The second-order valence-electron chi connectivity index (χ2n) is 7.35. The first kappa shape index (κ1) is 23.0. The number of halogens is 3. The summed E-state index contributed by atoms with van der Waals surface area (Å²) in [5.41, 5.74) is 0.441. The molecule has 0 unspecified atom stereocenters. The number of nitrogens with one attached hydrogen (secondary N) is 2. The predicted molar refractivity (Wildman–Crippen MR) is 116 cm³/mol. The molecular weight excluding hydrogens is 467 g/mol. The Balaban J connectivity index is 1.70. The van der Waals surface area contributed by atoms with E-state index in [1.807, 2.05) is 0 Å². The fraction of sp³-hybridized carbons (Fsp3) is 0.250. The van der Waals surface area contributed by atoms with Gasteiger partial charge in [-0.05, 0) is 26.0 Å². The highest BCUT2D eigenvalue weighted by molar-refractivity contribution is 6.47. The number of carbonyl (C=O) groups is 3. The van der Waals surface area contributed by atoms with Crippen molar-refractivity contribution in [2.45, 2.75) is 26.3 Å². The number of amides is 1. The molecule has 0 saturated heterocycles. The number of carboxylic acid groups (broad SMARTS) is 1. The Morgan fingerprint density at radius 1 is 1.13 bits per heavy atom. The summed E-state index contributed by atoms with van der Waals surface area (Å²) in [6, 6.07) is 2.11. The maximum atomic E-state index is 12.4. The fourth-order valence-electron chi connectivity index (χ4n) is 2.98. The lowest BCUT2D eigenvalue weighted by atomic mass is 9.74. The number of allylic oxidation sites excluding steroid dienone is 2. The van der Waals surface area contributed by atoms with Crippen molar-refractivity contribution in [2.24, 2.45) is 5.41 Å². The highest BCUT2D eigenvalue weighted by Gasteiger charge is 2.47. The number of anilines is 1. The number of carbonyl (C=O) groups excluding carboxylic acids is 2. The molecule has 0 bridgehead atoms. The van der Waals surface area contributed by atoms with Gasteiger partial charge in [0, 0.05) is 30.2 Å². The van der Waals surface area contributed by atoms with Gasteiger partial charge in [-0.2, -0.15) is 0 Å². The quantitative estimate of drug-likeness (QED) is 0.549. The average Bonchev–Trinajstić information content (AvgIpc) is 2.71. The van der Waals surface area contributed by atoms with Crippen LogP contribution in [0, 0.1) is 5.41 Å². The van der Waals surface area contributed by atoms with Crippen LogP contribution in [0.4, 0.5) is 5.69 Å². The van der Waals surface area contributed by atoms with E-state index in [0.29, 0.717) is 17.1 Å². The molecule has 162 valence electrons. The number of carboxylic acids is 1. The summed E-state index contributed by atoms with van der Waals surface area (Å²) in [5, 5.41) is 15.2. The second-order valence-corrected chi connectivity index (χ2v) is 8.55. The Bertz CT molecular complexity index is 1080. The van der Waals surface area contributed by atoms with E-state index in [-0.39, 0.29) is 32.8 Å². The molecule has 2 aromatic rings. The van der Waals surface area contributed by atoms with E-state index >= 15 is 0 Å². The molecule has 3 N–H and O–H groups in total. The molecule has 1 amide bonds. The van der Waals surface area contributed by atoms with E-state index in [2.05, 4.69) is 20.6 Å². The standard InChI is InChI=1S/C20H17Cl3N4O4/c1-20(2)16(15(23)17(20)28)27-13(19(30)31)5-9-3-4-10(6-25-9)26-18(29)14-11(21)7-24-8-12(14)22/h3-4,6-8,13,27H,5H2,1-2H3,(H,26,29)(H,30,31)/t13-/m0/s1. The molecule has 1 aliphatic carbocycles.